The molecule has 44 heavy (non-hydrogen) atoms. The van der Waals surface area contributed by atoms with Gasteiger partial charge < -0.3 is 24.4 Å². The van der Waals surface area contributed by atoms with E-state index in [1.165, 1.54) is 37.3 Å². The van der Waals surface area contributed by atoms with Crippen LogP contribution >= 0.6 is 0 Å². The van der Waals surface area contributed by atoms with Crippen molar-refractivity contribution < 1.29 is 32.2 Å². The molecule has 3 aromatic rings. The highest BCUT2D eigenvalue weighted by atomic mass is 32.2. The summed E-state index contributed by atoms with van der Waals surface area (Å²) in [5.41, 5.74) is 2.12. The number of anilines is 1. The van der Waals surface area contributed by atoms with Gasteiger partial charge in [0.2, 0.25) is 11.8 Å². The molecule has 238 valence electrons. The lowest BCUT2D eigenvalue weighted by molar-refractivity contribution is -0.139. The first-order chi connectivity index (χ1) is 21.0. The number of carbonyl (C=O) groups excluding carboxylic acids is 2. The molecule has 0 saturated carbocycles. The van der Waals surface area contributed by atoms with Gasteiger partial charge in [0.1, 0.15) is 18.3 Å². The van der Waals surface area contributed by atoms with Crippen molar-refractivity contribution in [1.82, 2.24) is 10.2 Å². The molecule has 1 N–H and O–H groups in total. The minimum atomic E-state index is -4.30. The SMILES string of the molecule is CCCCNC(=O)[C@H](C)N(Cc1ccc(C)cc1)C(=O)CN(c1ccc(OCC)cc1)S(=O)(=O)c1ccc(OC)c(OC)c1. The van der Waals surface area contributed by atoms with Crippen LogP contribution in [0.1, 0.15) is 44.7 Å². The van der Waals surface area contributed by atoms with Crippen LogP contribution in [0.4, 0.5) is 5.69 Å². The van der Waals surface area contributed by atoms with E-state index < -0.39 is 28.5 Å². The van der Waals surface area contributed by atoms with Gasteiger partial charge in [-0.2, -0.15) is 0 Å². The second-order valence-electron chi connectivity index (χ2n) is 10.3. The zero-order valence-electron chi connectivity index (χ0n) is 26.3. The molecule has 0 bridgehead atoms. The van der Waals surface area contributed by atoms with Crippen LogP contribution < -0.4 is 23.8 Å². The number of carbonyl (C=O) groups is 2. The van der Waals surface area contributed by atoms with Gasteiger partial charge in [-0.15, -0.1) is 0 Å². The van der Waals surface area contributed by atoms with Crippen molar-refractivity contribution in [2.45, 2.75) is 58.0 Å². The van der Waals surface area contributed by atoms with E-state index in [4.69, 9.17) is 14.2 Å². The highest BCUT2D eigenvalue weighted by Crippen LogP contribution is 2.33. The number of rotatable bonds is 16. The van der Waals surface area contributed by atoms with Crippen LogP contribution in [0.5, 0.6) is 17.2 Å². The normalized spacial score (nSPS) is 11.8. The fourth-order valence-corrected chi connectivity index (χ4v) is 5.95. The van der Waals surface area contributed by atoms with Gasteiger partial charge in [-0.1, -0.05) is 43.2 Å². The summed E-state index contributed by atoms with van der Waals surface area (Å²) in [5, 5.41) is 2.89. The summed E-state index contributed by atoms with van der Waals surface area (Å²) < 4.78 is 45.6. The van der Waals surface area contributed by atoms with Gasteiger partial charge in [-0.3, -0.25) is 13.9 Å². The third kappa shape index (κ3) is 8.66. The Morgan fingerprint density at radius 3 is 2.16 bits per heavy atom. The van der Waals surface area contributed by atoms with Gasteiger partial charge in [0.15, 0.2) is 11.5 Å². The summed E-state index contributed by atoms with van der Waals surface area (Å²) in [6.07, 6.45) is 1.71. The van der Waals surface area contributed by atoms with Crippen molar-refractivity contribution in [2.75, 3.05) is 38.2 Å². The van der Waals surface area contributed by atoms with Crippen LogP contribution in [0.15, 0.2) is 71.6 Å². The molecular weight excluding hydrogens is 582 g/mol. The van der Waals surface area contributed by atoms with Crippen LogP contribution in [0.2, 0.25) is 0 Å². The minimum Gasteiger partial charge on any atom is -0.494 e. The largest absolute Gasteiger partial charge is 0.494 e. The fraction of sp³-hybridized carbons (Fsp3) is 0.394. The van der Waals surface area contributed by atoms with Crippen molar-refractivity contribution >= 4 is 27.5 Å². The number of sulfonamides is 1. The summed E-state index contributed by atoms with van der Waals surface area (Å²) in [5.74, 6) is 0.299. The minimum absolute atomic E-state index is 0.0905. The quantitative estimate of drug-likeness (QED) is 0.224. The standard InChI is InChI=1S/C33H43N3O7S/c1-7-9-20-34-33(38)25(4)35(22-26-12-10-24(3)11-13-26)32(37)23-36(27-14-16-28(17-15-27)43-8-2)44(39,40)29-18-19-30(41-5)31(21-29)42-6/h10-19,21,25H,7-9,20,22-23H2,1-6H3,(H,34,38)/t25-/m0/s1. The number of unbranched alkanes of at least 4 members (excludes halogenated alkanes) is 1. The van der Waals surface area contributed by atoms with Gasteiger partial charge in [0.25, 0.3) is 10.0 Å². The molecule has 0 saturated heterocycles. The molecule has 0 aliphatic heterocycles. The number of nitrogens with zero attached hydrogens (tertiary/aromatic N) is 2. The number of ether oxygens (including phenoxy) is 3. The van der Waals surface area contributed by atoms with E-state index in [0.29, 0.717) is 24.7 Å². The lowest BCUT2D eigenvalue weighted by Gasteiger charge is -2.32. The Labute approximate surface area is 261 Å². The average molecular weight is 626 g/mol. The first-order valence-corrected chi connectivity index (χ1v) is 16.1. The van der Waals surface area contributed by atoms with Gasteiger partial charge in [0.05, 0.1) is 31.4 Å². The summed E-state index contributed by atoms with van der Waals surface area (Å²) >= 11 is 0. The molecule has 0 radical (unpaired) electrons. The van der Waals surface area contributed by atoms with E-state index in [1.807, 2.05) is 45.0 Å². The maximum atomic E-state index is 14.2. The van der Waals surface area contributed by atoms with Crippen LogP contribution in [0.25, 0.3) is 0 Å². The second-order valence-corrected chi connectivity index (χ2v) is 12.1. The molecular formula is C33H43N3O7S. The smallest absolute Gasteiger partial charge is 0.264 e. The van der Waals surface area contributed by atoms with Crippen molar-refractivity contribution in [3.8, 4) is 17.2 Å². The number of hydrogen-bond acceptors (Lipinski definition) is 7. The Balaban J connectivity index is 2.05. The number of nitrogens with one attached hydrogen (secondary N) is 1. The monoisotopic (exact) mass is 625 g/mol. The molecule has 2 amide bonds. The Kier molecular flexibility index (Phi) is 12.5. The van der Waals surface area contributed by atoms with Gasteiger partial charge >= 0.3 is 0 Å². The van der Waals surface area contributed by atoms with Crippen LogP contribution in [0.3, 0.4) is 0 Å². The summed E-state index contributed by atoms with van der Waals surface area (Å²) in [4.78, 5) is 28.6. The molecule has 0 fully saturated rings. The third-order valence-electron chi connectivity index (χ3n) is 7.13. The molecule has 0 aromatic heterocycles. The Hall–Kier alpha value is -4.25. The lowest BCUT2D eigenvalue weighted by atomic mass is 10.1. The van der Waals surface area contributed by atoms with Crippen LogP contribution in [-0.2, 0) is 26.2 Å². The van der Waals surface area contributed by atoms with Crippen LogP contribution in [-0.4, -0.2) is 65.1 Å². The van der Waals surface area contributed by atoms with E-state index in [0.717, 1.165) is 28.3 Å². The third-order valence-corrected chi connectivity index (χ3v) is 8.90. The van der Waals surface area contributed by atoms with E-state index >= 15 is 0 Å². The first-order valence-electron chi connectivity index (χ1n) is 14.7. The summed E-state index contributed by atoms with van der Waals surface area (Å²) in [6.45, 7) is 7.98. The van der Waals surface area contributed by atoms with E-state index in [-0.39, 0.29) is 28.8 Å². The van der Waals surface area contributed by atoms with Crippen LogP contribution in [0, 0.1) is 6.92 Å². The molecule has 1 atom stereocenters. The summed E-state index contributed by atoms with van der Waals surface area (Å²) in [7, 11) is -1.43. The zero-order valence-corrected chi connectivity index (χ0v) is 27.1. The van der Waals surface area contributed by atoms with Crippen molar-refractivity contribution in [1.29, 1.82) is 0 Å². The predicted molar refractivity (Wildman–Crippen MR) is 171 cm³/mol. The lowest BCUT2D eigenvalue weighted by Crippen LogP contribution is -2.51. The molecule has 0 heterocycles. The maximum Gasteiger partial charge on any atom is 0.264 e. The molecule has 0 aliphatic rings. The highest BCUT2D eigenvalue weighted by Gasteiger charge is 2.33. The van der Waals surface area contributed by atoms with Gasteiger partial charge in [-0.05, 0) is 69.2 Å². The van der Waals surface area contributed by atoms with E-state index in [2.05, 4.69) is 5.32 Å². The second kappa shape index (κ2) is 16.0. The highest BCUT2D eigenvalue weighted by molar-refractivity contribution is 7.92. The Morgan fingerprint density at radius 1 is 0.909 bits per heavy atom. The van der Waals surface area contributed by atoms with E-state index in [9.17, 15) is 18.0 Å². The molecule has 0 aliphatic carbocycles. The molecule has 0 unspecified atom stereocenters. The predicted octanol–water partition coefficient (Wildman–Crippen LogP) is 4.94. The molecule has 0 spiro atoms. The molecule has 3 aromatic carbocycles. The fourth-order valence-electron chi connectivity index (χ4n) is 4.52. The topological polar surface area (TPSA) is 114 Å². The average Bonchev–Trinajstić information content (AvgIpc) is 3.03. The van der Waals surface area contributed by atoms with Gasteiger partial charge in [0, 0.05) is 19.2 Å². The number of methoxy groups -OCH3 is 2. The maximum absolute atomic E-state index is 14.2. The zero-order chi connectivity index (χ0) is 32.3. The number of aryl methyl sites for hydroxylation is 1. The van der Waals surface area contributed by atoms with E-state index in [1.54, 1.807) is 31.2 Å². The molecule has 10 nitrogen and oxygen atoms in total. The summed E-state index contributed by atoms with van der Waals surface area (Å²) in [6, 6.07) is 17.5. The molecule has 3 rings (SSSR count). The number of hydrogen-bond donors (Lipinski definition) is 1. The van der Waals surface area contributed by atoms with Crippen molar-refractivity contribution in [3.05, 3.63) is 77.9 Å². The molecule has 11 heteroatoms. The van der Waals surface area contributed by atoms with Crippen molar-refractivity contribution in [3.63, 3.8) is 0 Å². The van der Waals surface area contributed by atoms with Crippen molar-refractivity contribution in [2.24, 2.45) is 0 Å². The number of amides is 2. The first kappa shape index (κ1) is 34.2. The number of benzene rings is 3. The van der Waals surface area contributed by atoms with Gasteiger partial charge in [-0.25, -0.2) is 8.42 Å². The Bertz CT molecular complexity index is 1490. The Morgan fingerprint density at radius 2 is 1.57 bits per heavy atom.